The molecular weight excluding hydrogens is 276 g/mol. The Balaban J connectivity index is 2.25. The van der Waals surface area contributed by atoms with Crippen LogP contribution in [0, 0.1) is 0 Å². The van der Waals surface area contributed by atoms with E-state index in [4.69, 9.17) is 16.0 Å². The molecule has 0 bridgehead atoms. The Kier molecular flexibility index (Phi) is 3.30. The zero-order valence-electron chi connectivity index (χ0n) is 11.8. The Morgan fingerprint density at radius 1 is 1.45 bits per heavy atom. The van der Waals surface area contributed by atoms with Gasteiger partial charge in [0.2, 0.25) is 0 Å². The molecular formula is C14H17ClN4O. The Morgan fingerprint density at radius 3 is 2.85 bits per heavy atom. The van der Waals surface area contributed by atoms with Gasteiger partial charge in [-0.2, -0.15) is 5.10 Å². The minimum absolute atomic E-state index is 0.0313. The monoisotopic (exact) mass is 292 g/mol. The van der Waals surface area contributed by atoms with Gasteiger partial charge in [0, 0.05) is 7.05 Å². The van der Waals surface area contributed by atoms with E-state index in [0.29, 0.717) is 5.88 Å². The molecule has 0 amide bonds. The van der Waals surface area contributed by atoms with Gasteiger partial charge < -0.3 is 8.98 Å². The molecule has 106 valence electrons. The van der Waals surface area contributed by atoms with Crippen LogP contribution >= 0.6 is 11.6 Å². The van der Waals surface area contributed by atoms with Crippen LogP contribution in [0.3, 0.4) is 0 Å². The van der Waals surface area contributed by atoms with E-state index in [1.54, 1.807) is 6.26 Å². The molecule has 20 heavy (non-hydrogen) atoms. The molecule has 3 aromatic heterocycles. The first-order valence-electron chi connectivity index (χ1n) is 6.69. The predicted octanol–water partition coefficient (Wildman–Crippen LogP) is 3.27. The Hall–Kier alpha value is -1.75. The summed E-state index contributed by atoms with van der Waals surface area (Å²) in [4.78, 5) is 4.66. The van der Waals surface area contributed by atoms with Crippen molar-refractivity contribution < 1.29 is 4.42 Å². The molecule has 0 aliphatic carbocycles. The fourth-order valence-corrected chi connectivity index (χ4v) is 2.83. The maximum Gasteiger partial charge on any atom is 0.159 e. The van der Waals surface area contributed by atoms with Crippen LogP contribution in [0.5, 0.6) is 0 Å². The number of nitrogens with zero attached hydrogens (tertiary/aromatic N) is 4. The van der Waals surface area contributed by atoms with E-state index in [2.05, 4.69) is 28.5 Å². The maximum absolute atomic E-state index is 6.07. The first-order chi connectivity index (χ1) is 9.67. The summed E-state index contributed by atoms with van der Waals surface area (Å²) in [5.74, 6) is 2.09. The summed E-state index contributed by atoms with van der Waals surface area (Å²) >= 11 is 6.07. The maximum atomic E-state index is 6.07. The summed E-state index contributed by atoms with van der Waals surface area (Å²) < 4.78 is 9.50. The average Bonchev–Trinajstić information content (AvgIpc) is 3.14. The summed E-state index contributed by atoms with van der Waals surface area (Å²) in [6.07, 6.45) is 2.53. The number of aromatic nitrogens is 4. The second-order valence-electron chi connectivity index (χ2n) is 4.82. The molecule has 3 aromatic rings. The van der Waals surface area contributed by atoms with Crippen LogP contribution in [0.25, 0.3) is 11.2 Å². The first kappa shape index (κ1) is 13.2. The highest BCUT2D eigenvalue weighted by atomic mass is 35.5. The van der Waals surface area contributed by atoms with Crippen LogP contribution in [-0.4, -0.2) is 19.3 Å². The number of alkyl halides is 1. The van der Waals surface area contributed by atoms with Crippen LogP contribution in [0.4, 0.5) is 0 Å². The highest BCUT2D eigenvalue weighted by Crippen LogP contribution is 2.28. The van der Waals surface area contributed by atoms with Gasteiger partial charge in [0.25, 0.3) is 0 Å². The van der Waals surface area contributed by atoms with Gasteiger partial charge in [-0.3, -0.25) is 4.68 Å². The second-order valence-corrected chi connectivity index (χ2v) is 5.09. The summed E-state index contributed by atoms with van der Waals surface area (Å²) in [6, 6.07) is 3.89. The third kappa shape index (κ3) is 1.85. The van der Waals surface area contributed by atoms with E-state index in [1.807, 2.05) is 23.9 Å². The zero-order valence-corrected chi connectivity index (χ0v) is 12.6. The molecule has 1 unspecified atom stereocenters. The number of imidazole rings is 1. The van der Waals surface area contributed by atoms with Gasteiger partial charge in [-0.05, 0) is 25.5 Å². The van der Waals surface area contributed by atoms with Crippen LogP contribution in [0.15, 0.2) is 22.8 Å². The topological polar surface area (TPSA) is 48.8 Å². The van der Waals surface area contributed by atoms with Crippen LogP contribution in [-0.2, 0) is 19.3 Å². The molecule has 0 saturated heterocycles. The molecule has 0 aliphatic rings. The van der Waals surface area contributed by atoms with Crippen molar-refractivity contribution in [1.82, 2.24) is 19.3 Å². The molecule has 0 radical (unpaired) electrons. The van der Waals surface area contributed by atoms with Gasteiger partial charge in [0.15, 0.2) is 5.65 Å². The van der Waals surface area contributed by atoms with Crippen LogP contribution in [0.1, 0.15) is 37.2 Å². The molecule has 0 spiro atoms. The third-order valence-corrected chi connectivity index (χ3v) is 3.85. The van der Waals surface area contributed by atoms with E-state index in [9.17, 15) is 0 Å². The lowest BCUT2D eigenvalue weighted by Gasteiger charge is -2.14. The molecule has 3 heterocycles. The van der Waals surface area contributed by atoms with E-state index in [-0.39, 0.29) is 6.04 Å². The van der Waals surface area contributed by atoms with Gasteiger partial charge >= 0.3 is 0 Å². The van der Waals surface area contributed by atoms with Gasteiger partial charge in [0.05, 0.1) is 23.9 Å². The van der Waals surface area contributed by atoms with Crippen molar-refractivity contribution in [3.63, 3.8) is 0 Å². The largest absolute Gasteiger partial charge is 0.467 e. The van der Waals surface area contributed by atoms with Crippen molar-refractivity contribution in [3.8, 4) is 0 Å². The highest BCUT2D eigenvalue weighted by Gasteiger charge is 2.23. The summed E-state index contributed by atoms with van der Waals surface area (Å²) in [5.41, 5.74) is 2.92. The second kappa shape index (κ2) is 4.98. The number of aryl methyl sites for hydroxylation is 2. The number of rotatable bonds is 4. The van der Waals surface area contributed by atoms with Crippen molar-refractivity contribution in [1.29, 1.82) is 0 Å². The van der Waals surface area contributed by atoms with Crippen LogP contribution in [0.2, 0.25) is 0 Å². The van der Waals surface area contributed by atoms with Crippen LogP contribution < -0.4 is 0 Å². The molecule has 5 nitrogen and oxygen atoms in total. The number of halogens is 1. The average molecular weight is 293 g/mol. The van der Waals surface area contributed by atoms with Crippen molar-refractivity contribution in [2.45, 2.75) is 32.2 Å². The minimum Gasteiger partial charge on any atom is -0.467 e. The van der Waals surface area contributed by atoms with Crippen molar-refractivity contribution >= 4 is 22.8 Å². The molecule has 1 atom stereocenters. The third-order valence-electron chi connectivity index (χ3n) is 3.61. The fourth-order valence-electron chi connectivity index (χ4n) is 2.64. The first-order valence-corrected chi connectivity index (χ1v) is 7.22. The van der Waals surface area contributed by atoms with Gasteiger partial charge in [-0.1, -0.05) is 6.92 Å². The van der Waals surface area contributed by atoms with E-state index < -0.39 is 0 Å². The zero-order chi connectivity index (χ0) is 14.3. The summed E-state index contributed by atoms with van der Waals surface area (Å²) in [6.45, 7) is 4.16. The Labute approximate surface area is 122 Å². The lowest BCUT2D eigenvalue weighted by Crippen LogP contribution is -2.12. The molecule has 0 saturated carbocycles. The van der Waals surface area contributed by atoms with E-state index >= 15 is 0 Å². The lowest BCUT2D eigenvalue weighted by atomic mass is 10.2. The van der Waals surface area contributed by atoms with Crippen molar-refractivity contribution in [2.75, 3.05) is 0 Å². The van der Waals surface area contributed by atoms with E-state index in [1.165, 1.54) is 0 Å². The number of hydrogen-bond donors (Lipinski definition) is 0. The smallest absolute Gasteiger partial charge is 0.159 e. The molecule has 0 fully saturated rings. The lowest BCUT2D eigenvalue weighted by molar-refractivity contribution is 0.443. The number of fused-ring (bicyclic) bond motifs is 1. The SMILES string of the molecule is CCc1nn(C)c2c1nc(CCl)n2C(C)c1ccco1. The molecule has 0 N–H and O–H groups in total. The molecule has 0 aliphatic heterocycles. The van der Waals surface area contributed by atoms with Gasteiger partial charge in [-0.15, -0.1) is 11.6 Å². The Morgan fingerprint density at radius 2 is 2.25 bits per heavy atom. The minimum atomic E-state index is 0.0313. The number of furan rings is 1. The van der Waals surface area contributed by atoms with E-state index in [0.717, 1.165) is 34.9 Å². The highest BCUT2D eigenvalue weighted by molar-refractivity contribution is 6.16. The summed E-state index contributed by atoms with van der Waals surface area (Å²) in [7, 11) is 1.94. The molecule has 0 aromatic carbocycles. The van der Waals surface area contributed by atoms with Crippen molar-refractivity contribution in [2.24, 2.45) is 7.05 Å². The summed E-state index contributed by atoms with van der Waals surface area (Å²) in [5, 5.41) is 4.53. The number of hydrogen-bond acceptors (Lipinski definition) is 3. The normalized spacial score (nSPS) is 13.2. The quantitative estimate of drug-likeness (QED) is 0.693. The van der Waals surface area contributed by atoms with Gasteiger partial charge in [-0.25, -0.2) is 4.98 Å². The van der Waals surface area contributed by atoms with Gasteiger partial charge in [0.1, 0.15) is 17.1 Å². The molecule has 6 heteroatoms. The predicted molar refractivity (Wildman–Crippen MR) is 78.0 cm³/mol. The fraction of sp³-hybridized carbons (Fsp3) is 0.429. The Bertz CT molecular complexity index is 726. The van der Waals surface area contributed by atoms with Crippen molar-refractivity contribution in [3.05, 3.63) is 35.7 Å². The molecule has 3 rings (SSSR count). The standard InChI is InChI=1S/C14H17ClN4O/c1-4-10-13-14(18(3)17-10)19(12(8-15)16-13)9(2)11-6-5-7-20-11/h5-7,9H,4,8H2,1-3H3.